The average Bonchev–Trinajstić information content (AvgIpc) is 3.28. The number of hydrogen-bond donors (Lipinski definition) is 1. The highest BCUT2D eigenvalue weighted by atomic mass is 16.5. The summed E-state index contributed by atoms with van der Waals surface area (Å²) in [6, 6.07) is 11.3. The number of rotatable bonds is 4. The number of amides is 1. The molecule has 0 spiro atoms. The number of nitrogens with zero attached hydrogens (tertiary/aromatic N) is 5. The first-order valence-electron chi connectivity index (χ1n) is 10.2. The summed E-state index contributed by atoms with van der Waals surface area (Å²) in [6.45, 7) is 6.08. The molecule has 0 unspecified atom stereocenters. The molecule has 3 aromatic rings. The molecule has 0 radical (unpaired) electrons. The van der Waals surface area contributed by atoms with E-state index in [-0.39, 0.29) is 5.91 Å². The maximum atomic E-state index is 12.8. The lowest BCUT2D eigenvalue weighted by Crippen LogP contribution is -2.37. The zero-order valence-corrected chi connectivity index (χ0v) is 16.7. The molecule has 9 nitrogen and oxygen atoms in total. The summed E-state index contributed by atoms with van der Waals surface area (Å²) < 4.78 is 12.6. The summed E-state index contributed by atoms with van der Waals surface area (Å²) in [6.07, 6.45) is 1.71. The molecule has 4 heterocycles. The lowest BCUT2D eigenvalue weighted by molar-refractivity contribution is 0.102. The maximum Gasteiger partial charge on any atom is 0.256 e. The van der Waals surface area contributed by atoms with Gasteiger partial charge < -0.3 is 24.6 Å². The largest absolute Gasteiger partial charge is 0.378 e. The number of hydrogen-bond acceptors (Lipinski definition) is 7. The topological polar surface area (TPSA) is 84.2 Å². The van der Waals surface area contributed by atoms with Gasteiger partial charge in [0, 0.05) is 49.6 Å². The van der Waals surface area contributed by atoms with Gasteiger partial charge in [-0.15, -0.1) is 0 Å². The van der Waals surface area contributed by atoms with Gasteiger partial charge in [0.15, 0.2) is 5.65 Å². The van der Waals surface area contributed by atoms with Crippen molar-refractivity contribution >= 4 is 28.9 Å². The summed E-state index contributed by atoms with van der Waals surface area (Å²) in [7, 11) is 0. The number of aromatic nitrogens is 3. The summed E-state index contributed by atoms with van der Waals surface area (Å²) in [5, 5.41) is 7.31. The predicted molar refractivity (Wildman–Crippen MR) is 113 cm³/mol. The minimum atomic E-state index is -0.187. The quantitative estimate of drug-likeness (QED) is 0.703. The van der Waals surface area contributed by atoms with Gasteiger partial charge in [-0.05, 0) is 24.3 Å². The van der Waals surface area contributed by atoms with Crippen LogP contribution in [0.2, 0.25) is 0 Å². The Morgan fingerprint density at radius 3 is 2.27 bits per heavy atom. The van der Waals surface area contributed by atoms with Gasteiger partial charge in [0.2, 0.25) is 0 Å². The number of fused-ring (bicyclic) bond motifs is 1. The fraction of sp³-hybridized carbons (Fsp3) is 0.381. The Labute approximate surface area is 174 Å². The standard InChI is InChI=1S/C21H24N6O3/c28-21(16-1-3-17(4-2-16)25-7-11-29-12-8-25)24-18-15-20(26-9-13-30-14-10-26)27-19(23-18)5-6-22-27/h1-6,15H,7-14H2,(H,23,24,28). The second kappa shape index (κ2) is 8.29. The summed E-state index contributed by atoms with van der Waals surface area (Å²) in [5.41, 5.74) is 2.38. The van der Waals surface area contributed by atoms with Crippen molar-refractivity contribution in [3.05, 3.63) is 48.2 Å². The molecule has 2 saturated heterocycles. The third-order valence-electron chi connectivity index (χ3n) is 5.42. The molecule has 1 aromatic carbocycles. The lowest BCUT2D eigenvalue weighted by atomic mass is 10.1. The number of carbonyl (C=O) groups excluding carboxylic acids is 1. The monoisotopic (exact) mass is 408 g/mol. The third kappa shape index (κ3) is 3.81. The molecule has 2 aliphatic rings. The fourth-order valence-electron chi connectivity index (χ4n) is 3.81. The van der Waals surface area contributed by atoms with Crippen LogP contribution in [0, 0.1) is 0 Å². The Kier molecular flexibility index (Phi) is 5.20. The number of carbonyl (C=O) groups is 1. The third-order valence-corrected chi connectivity index (χ3v) is 5.42. The Bertz CT molecular complexity index is 1020. The molecule has 0 aliphatic carbocycles. The van der Waals surface area contributed by atoms with Gasteiger partial charge in [-0.25, -0.2) is 4.98 Å². The molecule has 1 amide bonds. The zero-order valence-electron chi connectivity index (χ0n) is 16.7. The number of nitrogens with one attached hydrogen (secondary N) is 1. The van der Waals surface area contributed by atoms with Gasteiger partial charge in [-0.2, -0.15) is 9.61 Å². The van der Waals surface area contributed by atoms with Gasteiger partial charge in [0.25, 0.3) is 5.91 Å². The van der Waals surface area contributed by atoms with Crippen LogP contribution in [0.4, 0.5) is 17.3 Å². The molecule has 5 rings (SSSR count). The molecule has 2 fully saturated rings. The smallest absolute Gasteiger partial charge is 0.256 e. The number of morpholine rings is 2. The Morgan fingerprint density at radius 2 is 1.57 bits per heavy atom. The van der Waals surface area contributed by atoms with E-state index in [1.807, 2.05) is 36.4 Å². The Hall–Kier alpha value is -3.17. The second-order valence-corrected chi connectivity index (χ2v) is 7.30. The van der Waals surface area contributed by atoms with Crippen LogP contribution in [0.1, 0.15) is 10.4 Å². The van der Waals surface area contributed by atoms with Crippen molar-refractivity contribution in [3.8, 4) is 0 Å². The minimum absolute atomic E-state index is 0.187. The molecule has 1 N–H and O–H groups in total. The molecule has 156 valence electrons. The molecule has 0 atom stereocenters. The molecule has 2 aromatic heterocycles. The van der Waals surface area contributed by atoms with Crippen LogP contribution >= 0.6 is 0 Å². The van der Waals surface area contributed by atoms with Gasteiger partial charge in [0.1, 0.15) is 11.6 Å². The van der Waals surface area contributed by atoms with Gasteiger partial charge in [0.05, 0.1) is 32.6 Å². The van der Waals surface area contributed by atoms with Crippen molar-refractivity contribution in [2.75, 3.05) is 67.7 Å². The molecule has 30 heavy (non-hydrogen) atoms. The summed E-state index contributed by atoms with van der Waals surface area (Å²) in [5.74, 6) is 1.21. The number of benzene rings is 1. The van der Waals surface area contributed by atoms with E-state index in [4.69, 9.17) is 9.47 Å². The van der Waals surface area contributed by atoms with Crippen LogP contribution in [0.25, 0.3) is 5.65 Å². The van der Waals surface area contributed by atoms with Gasteiger partial charge in [-0.3, -0.25) is 4.79 Å². The van der Waals surface area contributed by atoms with Crippen LogP contribution in [0.15, 0.2) is 42.6 Å². The molecule has 0 saturated carbocycles. The minimum Gasteiger partial charge on any atom is -0.378 e. The number of anilines is 3. The summed E-state index contributed by atoms with van der Waals surface area (Å²) in [4.78, 5) is 21.8. The Morgan fingerprint density at radius 1 is 0.900 bits per heavy atom. The lowest BCUT2D eigenvalue weighted by Gasteiger charge is -2.29. The van der Waals surface area contributed by atoms with Gasteiger partial charge >= 0.3 is 0 Å². The highest BCUT2D eigenvalue weighted by Gasteiger charge is 2.18. The van der Waals surface area contributed by atoms with Crippen molar-refractivity contribution in [2.24, 2.45) is 0 Å². The van der Waals surface area contributed by atoms with Crippen molar-refractivity contribution in [2.45, 2.75) is 0 Å². The van der Waals surface area contributed by atoms with Crippen molar-refractivity contribution in [3.63, 3.8) is 0 Å². The maximum absolute atomic E-state index is 12.8. The zero-order chi connectivity index (χ0) is 20.3. The predicted octanol–water partition coefficient (Wildman–Crippen LogP) is 1.65. The van der Waals surface area contributed by atoms with Crippen LogP contribution in [-0.4, -0.2) is 73.1 Å². The van der Waals surface area contributed by atoms with Crippen LogP contribution in [-0.2, 0) is 9.47 Å². The number of ether oxygens (including phenoxy) is 2. The highest BCUT2D eigenvalue weighted by Crippen LogP contribution is 2.22. The molecular formula is C21H24N6O3. The molecule has 0 bridgehead atoms. The van der Waals surface area contributed by atoms with E-state index in [1.165, 1.54) is 0 Å². The van der Waals surface area contributed by atoms with Gasteiger partial charge in [-0.1, -0.05) is 0 Å². The highest BCUT2D eigenvalue weighted by molar-refractivity contribution is 6.04. The molecular weight excluding hydrogens is 384 g/mol. The second-order valence-electron chi connectivity index (χ2n) is 7.30. The first-order valence-corrected chi connectivity index (χ1v) is 10.2. The van der Waals surface area contributed by atoms with E-state index in [0.717, 1.165) is 50.9 Å². The van der Waals surface area contributed by atoms with Crippen LogP contribution in [0.5, 0.6) is 0 Å². The van der Waals surface area contributed by atoms with E-state index < -0.39 is 0 Å². The van der Waals surface area contributed by atoms with Crippen molar-refractivity contribution < 1.29 is 14.3 Å². The Balaban J connectivity index is 1.35. The summed E-state index contributed by atoms with van der Waals surface area (Å²) >= 11 is 0. The molecule has 9 heteroatoms. The van der Waals surface area contributed by atoms with Crippen molar-refractivity contribution in [1.29, 1.82) is 0 Å². The van der Waals surface area contributed by atoms with Crippen LogP contribution in [0.3, 0.4) is 0 Å². The SMILES string of the molecule is O=C(Nc1cc(N2CCOCC2)n2nccc2n1)c1ccc(N2CCOCC2)cc1. The van der Waals surface area contributed by atoms with E-state index in [9.17, 15) is 4.79 Å². The fourth-order valence-corrected chi connectivity index (χ4v) is 3.81. The first kappa shape index (κ1) is 18.8. The van der Waals surface area contributed by atoms with E-state index in [1.54, 1.807) is 10.7 Å². The molecule has 2 aliphatic heterocycles. The van der Waals surface area contributed by atoms with Crippen molar-refractivity contribution in [1.82, 2.24) is 14.6 Å². The normalized spacial score (nSPS) is 17.3. The van der Waals surface area contributed by atoms with E-state index in [0.29, 0.717) is 30.2 Å². The van der Waals surface area contributed by atoms with E-state index >= 15 is 0 Å². The van der Waals surface area contributed by atoms with E-state index in [2.05, 4.69) is 25.2 Å². The van der Waals surface area contributed by atoms with Crippen LogP contribution < -0.4 is 15.1 Å². The first-order chi connectivity index (χ1) is 14.8. The average molecular weight is 408 g/mol.